The van der Waals surface area contributed by atoms with Crippen LogP contribution in [0.5, 0.6) is 5.75 Å². The van der Waals surface area contributed by atoms with Gasteiger partial charge in [0.25, 0.3) is 0 Å². The molecule has 208 valence electrons. The van der Waals surface area contributed by atoms with Crippen molar-refractivity contribution in [3.63, 3.8) is 0 Å². The lowest BCUT2D eigenvalue weighted by Gasteiger charge is -2.38. The zero-order chi connectivity index (χ0) is 28.6. The first-order chi connectivity index (χ1) is 19.2. The molecule has 3 aromatic carbocycles. The average Bonchev–Trinajstić information content (AvgIpc) is 2.93. The number of benzene rings is 3. The van der Waals surface area contributed by atoms with Crippen LogP contribution in [-0.4, -0.2) is 67.9 Å². The molecule has 1 fully saturated rings. The van der Waals surface area contributed by atoms with Gasteiger partial charge in [-0.15, -0.1) is 0 Å². The fourth-order valence-electron chi connectivity index (χ4n) is 5.23. The Morgan fingerprint density at radius 2 is 1.55 bits per heavy atom. The number of ether oxygens (including phenoxy) is 1. The first-order valence-corrected chi connectivity index (χ1v) is 12.9. The van der Waals surface area contributed by atoms with Gasteiger partial charge < -0.3 is 29.1 Å². The van der Waals surface area contributed by atoms with Gasteiger partial charge in [0.15, 0.2) is 11.6 Å². The van der Waals surface area contributed by atoms with Gasteiger partial charge >= 0.3 is 5.97 Å². The van der Waals surface area contributed by atoms with Gasteiger partial charge in [-0.1, -0.05) is 12.1 Å². The van der Waals surface area contributed by atoms with Crippen LogP contribution in [0.4, 0.5) is 20.2 Å². The van der Waals surface area contributed by atoms with Crippen LogP contribution in [-0.2, 0) is 6.54 Å². The van der Waals surface area contributed by atoms with Gasteiger partial charge in [-0.2, -0.15) is 0 Å². The predicted octanol–water partition coefficient (Wildman–Crippen LogP) is 4.36. The number of pyridine rings is 1. The summed E-state index contributed by atoms with van der Waals surface area (Å²) in [5, 5.41) is 9.67. The summed E-state index contributed by atoms with van der Waals surface area (Å²) in [6.07, 6.45) is 1.27. The van der Waals surface area contributed by atoms with E-state index in [1.165, 1.54) is 25.4 Å². The Morgan fingerprint density at radius 1 is 0.950 bits per heavy atom. The molecular formula is C30H30F2N4O4. The first kappa shape index (κ1) is 27.1. The van der Waals surface area contributed by atoms with E-state index in [1.54, 1.807) is 16.7 Å². The van der Waals surface area contributed by atoms with Crippen LogP contribution in [0.2, 0.25) is 0 Å². The van der Waals surface area contributed by atoms with E-state index in [-0.39, 0.29) is 28.2 Å². The molecule has 1 N–H and O–H groups in total. The van der Waals surface area contributed by atoms with Crippen molar-refractivity contribution in [2.24, 2.45) is 0 Å². The molecule has 0 bridgehead atoms. The Balaban J connectivity index is 1.62. The van der Waals surface area contributed by atoms with Crippen molar-refractivity contribution in [3.8, 4) is 11.4 Å². The van der Waals surface area contributed by atoms with Gasteiger partial charge in [-0.05, 0) is 62.1 Å². The van der Waals surface area contributed by atoms with E-state index in [1.807, 2.05) is 48.2 Å². The topological polar surface area (TPSA) is 78.2 Å². The van der Waals surface area contributed by atoms with Crippen LogP contribution in [0.15, 0.2) is 65.6 Å². The van der Waals surface area contributed by atoms with E-state index in [4.69, 9.17) is 4.74 Å². The Bertz CT molecular complexity index is 1610. The SMILES string of the molecule is COc1c(N2CCN(c3ccc(F)cc3)CC2)c(F)cc2c(=O)c(C(=O)O)cn(-c3ccc(CN(C)C)cc3)c12. The third kappa shape index (κ3) is 5.10. The number of anilines is 2. The van der Waals surface area contributed by atoms with Crippen molar-refractivity contribution in [3.05, 3.63) is 93.8 Å². The molecule has 1 aliphatic heterocycles. The van der Waals surface area contributed by atoms with Crippen LogP contribution < -0.4 is 20.0 Å². The van der Waals surface area contributed by atoms with E-state index in [9.17, 15) is 19.1 Å². The number of hydrogen-bond donors (Lipinski definition) is 1. The number of methoxy groups -OCH3 is 1. The summed E-state index contributed by atoms with van der Waals surface area (Å²) in [6.45, 7) is 2.74. The van der Waals surface area contributed by atoms with Crippen LogP contribution in [0.1, 0.15) is 15.9 Å². The molecular weight excluding hydrogens is 518 g/mol. The molecule has 5 rings (SSSR count). The highest BCUT2D eigenvalue weighted by Crippen LogP contribution is 2.39. The molecule has 0 aliphatic carbocycles. The summed E-state index contributed by atoms with van der Waals surface area (Å²) < 4.78 is 36.5. The molecule has 0 spiro atoms. The van der Waals surface area contributed by atoms with Gasteiger partial charge in [-0.25, -0.2) is 13.6 Å². The maximum atomic E-state index is 15.8. The van der Waals surface area contributed by atoms with Crippen molar-refractivity contribution in [1.82, 2.24) is 9.47 Å². The number of carbonyl (C=O) groups is 1. The lowest BCUT2D eigenvalue weighted by molar-refractivity contribution is 0.0695. The zero-order valence-corrected chi connectivity index (χ0v) is 22.5. The summed E-state index contributed by atoms with van der Waals surface area (Å²) in [6, 6.07) is 14.9. The molecule has 0 saturated carbocycles. The fourth-order valence-corrected chi connectivity index (χ4v) is 5.23. The minimum Gasteiger partial charge on any atom is -0.492 e. The quantitative estimate of drug-likeness (QED) is 0.368. The molecule has 0 unspecified atom stereocenters. The average molecular weight is 549 g/mol. The van der Waals surface area contributed by atoms with E-state index >= 15 is 4.39 Å². The Labute approximate surface area is 230 Å². The third-order valence-corrected chi connectivity index (χ3v) is 7.11. The van der Waals surface area contributed by atoms with Crippen LogP contribution in [0, 0.1) is 11.6 Å². The minimum atomic E-state index is -1.40. The number of piperazine rings is 1. The number of hydrogen-bond acceptors (Lipinski definition) is 6. The van der Waals surface area contributed by atoms with Crippen LogP contribution in [0.25, 0.3) is 16.6 Å². The smallest absolute Gasteiger partial charge is 0.341 e. The van der Waals surface area contributed by atoms with E-state index < -0.39 is 22.8 Å². The molecule has 10 heteroatoms. The predicted molar refractivity (Wildman–Crippen MR) is 151 cm³/mol. The van der Waals surface area contributed by atoms with Crippen molar-refractivity contribution in [2.45, 2.75) is 6.54 Å². The Hall–Kier alpha value is -4.44. The highest BCUT2D eigenvalue weighted by atomic mass is 19.1. The zero-order valence-electron chi connectivity index (χ0n) is 22.5. The molecule has 1 aliphatic rings. The van der Waals surface area contributed by atoms with E-state index in [0.29, 0.717) is 38.4 Å². The molecule has 2 heterocycles. The minimum absolute atomic E-state index is 0.0830. The molecule has 1 aromatic heterocycles. The van der Waals surface area contributed by atoms with Crippen molar-refractivity contribution in [2.75, 3.05) is 57.2 Å². The maximum Gasteiger partial charge on any atom is 0.341 e. The van der Waals surface area contributed by atoms with Crippen LogP contribution in [0.3, 0.4) is 0 Å². The molecule has 0 atom stereocenters. The Kier molecular flexibility index (Phi) is 7.44. The van der Waals surface area contributed by atoms with Gasteiger partial charge in [0.2, 0.25) is 5.43 Å². The van der Waals surface area contributed by atoms with E-state index in [2.05, 4.69) is 4.90 Å². The van der Waals surface area contributed by atoms with Gasteiger partial charge in [0.1, 0.15) is 22.6 Å². The summed E-state index contributed by atoms with van der Waals surface area (Å²) in [5.74, 6) is -2.23. The second-order valence-corrected chi connectivity index (χ2v) is 10.0. The summed E-state index contributed by atoms with van der Waals surface area (Å²) in [5.41, 5.74) is 1.77. The second kappa shape index (κ2) is 11.0. The number of halogens is 2. The number of nitrogens with zero attached hydrogens (tertiary/aromatic N) is 4. The Morgan fingerprint density at radius 3 is 2.12 bits per heavy atom. The summed E-state index contributed by atoms with van der Waals surface area (Å²) in [7, 11) is 5.33. The molecule has 0 amide bonds. The summed E-state index contributed by atoms with van der Waals surface area (Å²) in [4.78, 5) is 31.1. The van der Waals surface area contributed by atoms with Crippen molar-refractivity contribution >= 4 is 28.2 Å². The number of aromatic carboxylic acids is 1. The molecule has 1 saturated heterocycles. The monoisotopic (exact) mass is 548 g/mol. The van der Waals surface area contributed by atoms with Gasteiger partial charge in [-0.3, -0.25) is 4.79 Å². The second-order valence-electron chi connectivity index (χ2n) is 10.0. The molecule has 4 aromatic rings. The lowest BCUT2D eigenvalue weighted by atomic mass is 10.1. The number of fused-ring (bicyclic) bond motifs is 1. The van der Waals surface area contributed by atoms with Crippen LogP contribution >= 0.6 is 0 Å². The number of carboxylic acid groups (broad SMARTS) is 1. The van der Waals surface area contributed by atoms with Crippen molar-refractivity contribution < 1.29 is 23.4 Å². The van der Waals surface area contributed by atoms with E-state index in [0.717, 1.165) is 17.3 Å². The molecule has 40 heavy (non-hydrogen) atoms. The van der Waals surface area contributed by atoms with Gasteiger partial charge in [0.05, 0.1) is 12.5 Å². The third-order valence-electron chi connectivity index (χ3n) is 7.11. The maximum absolute atomic E-state index is 15.8. The highest BCUT2D eigenvalue weighted by Gasteiger charge is 2.28. The normalized spacial score (nSPS) is 13.8. The fraction of sp³-hybridized carbons (Fsp3) is 0.267. The number of carboxylic acids is 1. The van der Waals surface area contributed by atoms with Crippen molar-refractivity contribution in [1.29, 1.82) is 0 Å². The standard InChI is InChI=1S/C30H30F2N4O4/c1-33(2)17-19-4-8-22(9-5-19)36-18-24(30(38)39)28(37)23-16-25(32)27(29(40-3)26(23)36)35-14-12-34(13-15-35)21-10-6-20(31)7-11-21/h4-11,16,18H,12-15,17H2,1-3H3,(H,38,39). The largest absolute Gasteiger partial charge is 0.492 e. The molecule has 0 radical (unpaired) electrons. The highest BCUT2D eigenvalue weighted by molar-refractivity contribution is 5.97. The lowest BCUT2D eigenvalue weighted by Crippen LogP contribution is -2.47. The first-order valence-electron chi connectivity index (χ1n) is 12.9. The number of aromatic nitrogens is 1. The molecule has 8 nitrogen and oxygen atoms in total. The number of rotatable bonds is 7. The summed E-state index contributed by atoms with van der Waals surface area (Å²) >= 11 is 0. The van der Waals surface area contributed by atoms with Gasteiger partial charge in [0, 0.05) is 50.3 Å².